The lowest BCUT2D eigenvalue weighted by Crippen LogP contribution is -2.50. The fourth-order valence-electron chi connectivity index (χ4n) is 1.78. The van der Waals surface area contributed by atoms with Gasteiger partial charge in [-0.3, -0.25) is 4.79 Å². The van der Waals surface area contributed by atoms with Gasteiger partial charge in [-0.1, -0.05) is 29.8 Å². The third kappa shape index (κ3) is 3.45. The molecule has 0 unspecified atom stereocenters. The summed E-state index contributed by atoms with van der Waals surface area (Å²) in [4.78, 5) is 11.5. The van der Waals surface area contributed by atoms with E-state index in [4.69, 9.17) is 0 Å². The van der Waals surface area contributed by atoms with Crippen LogP contribution in [0.25, 0.3) is 0 Å². The predicted octanol–water partition coefficient (Wildman–Crippen LogP) is 1.10. The Balaban J connectivity index is 2.65. The zero-order valence-electron chi connectivity index (χ0n) is 9.79. The zero-order valence-corrected chi connectivity index (χ0v) is 12.2. The summed E-state index contributed by atoms with van der Waals surface area (Å²) >= 11 is 3.31. The molecule has 1 heterocycles. The van der Waals surface area contributed by atoms with Crippen LogP contribution in [0.2, 0.25) is 0 Å². The largest absolute Gasteiger partial charge is 0.349 e. The fraction of sp³-hybridized carbons (Fsp3) is 0.900. The molecule has 1 amide bonds. The second-order valence-electron chi connectivity index (χ2n) is 5.04. The molecule has 1 N–H and O–H groups in total. The van der Waals surface area contributed by atoms with Crippen molar-refractivity contribution in [3.63, 3.8) is 0 Å². The van der Waals surface area contributed by atoms with Crippen molar-refractivity contribution in [1.29, 1.82) is 0 Å². The van der Waals surface area contributed by atoms with Crippen LogP contribution in [0.4, 0.5) is 0 Å². The van der Waals surface area contributed by atoms with Crippen molar-refractivity contribution in [2.45, 2.75) is 37.6 Å². The standard InChI is InChI=1S/C10H18BrNO3S/c1-7(2)8(11)9(13)12-10(3)4-5-16(14,15)6-10/h7-8H,4-6H2,1-3H3,(H,12,13)/t8-,10-/m0/s1. The first-order valence-electron chi connectivity index (χ1n) is 5.32. The van der Waals surface area contributed by atoms with Crippen molar-refractivity contribution in [2.24, 2.45) is 5.92 Å². The van der Waals surface area contributed by atoms with Gasteiger partial charge in [0.15, 0.2) is 9.84 Å². The van der Waals surface area contributed by atoms with Crippen molar-refractivity contribution < 1.29 is 13.2 Å². The number of nitrogens with one attached hydrogen (secondary N) is 1. The van der Waals surface area contributed by atoms with E-state index in [1.165, 1.54) is 0 Å². The van der Waals surface area contributed by atoms with Gasteiger partial charge >= 0.3 is 0 Å². The number of hydrogen-bond acceptors (Lipinski definition) is 3. The van der Waals surface area contributed by atoms with Crippen molar-refractivity contribution >= 4 is 31.7 Å². The van der Waals surface area contributed by atoms with Crippen LogP contribution in [0.5, 0.6) is 0 Å². The molecule has 0 spiro atoms. The quantitative estimate of drug-likeness (QED) is 0.794. The van der Waals surface area contributed by atoms with Crippen molar-refractivity contribution in [1.82, 2.24) is 5.32 Å². The highest BCUT2D eigenvalue weighted by molar-refractivity contribution is 9.10. The lowest BCUT2D eigenvalue weighted by molar-refractivity contribution is -0.122. The molecule has 94 valence electrons. The van der Waals surface area contributed by atoms with E-state index in [0.717, 1.165) is 0 Å². The van der Waals surface area contributed by atoms with Gasteiger partial charge < -0.3 is 5.32 Å². The minimum atomic E-state index is -2.98. The summed E-state index contributed by atoms with van der Waals surface area (Å²) in [6, 6.07) is 0. The van der Waals surface area contributed by atoms with E-state index in [0.29, 0.717) is 6.42 Å². The Kier molecular flexibility index (Phi) is 4.05. The van der Waals surface area contributed by atoms with E-state index in [1.54, 1.807) is 6.92 Å². The van der Waals surface area contributed by atoms with Gasteiger partial charge in [0.1, 0.15) is 0 Å². The Hall–Kier alpha value is -0.100. The molecule has 0 saturated carbocycles. The lowest BCUT2D eigenvalue weighted by Gasteiger charge is -2.26. The average Bonchev–Trinajstić information content (AvgIpc) is 2.38. The molecule has 0 aromatic rings. The number of carbonyl (C=O) groups excluding carboxylic acids is 1. The Labute approximate surface area is 105 Å². The van der Waals surface area contributed by atoms with E-state index in [9.17, 15) is 13.2 Å². The number of carbonyl (C=O) groups is 1. The first-order chi connectivity index (χ1) is 7.15. The topological polar surface area (TPSA) is 63.2 Å². The predicted molar refractivity (Wildman–Crippen MR) is 67.4 cm³/mol. The van der Waals surface area contributed by atoms with Crippen LogP contribution in [0.15, 0.2) is 0 Å². The number of halogens is 1. The molecule has 16 heavy (non-hydrogen) atoms. The average molecular weight is 312 g/mol. The van der Waals surface area contributed by atoms with Gasteiger partial charge in [-0.25, -0.2) is 8.42 Å². The van der Waals surface area contributed by atoms with Crippen LogP contribution < -0.4 is 5.32 Å². The fourth-order valence-corrected chi connectivity index (χ4v) is 3.99. The van der Waals surface area contributed by atoms with Crippen LogP contribution in [-0.4, -0.2) is 36.2 Å². The minimum Gasteiger partial charge on any atom is -0.349 e. The molecule has 6 heteroatoms. The van der Waals surface area contributed by atoms with E-state index in [-0.39, 0.29) is 28.2 Å². The van der Waals surface area contributed by atoms with Crippen LogP contribution in [0.1, 0.15) is 27.2 Å². The maximum Gasteiger partial charge on any atom is 0.234 e. The molecule has 0 bridgehead atoms. The van der Waals surface area contributed by atoms with Crippen molar-refractivity contribution in [2.75, 3.05) is 11.5 Å². The van der Waals surface area contributed by atoms with Gasteiger partial charge in [-0.05, 0) is 19.3 Å². The van der Waals surface area contributed by atoms with Crippen molar-refractivity contribution in [3.8, 4) is 0 Å². The highest BCUT2D eigenvalue weighted by Crippen LogP contribution is 2.24. The van der Waals surface area contributed by atoms with Crippen LogP contribution in [0, 0.1) is 5.92 Å². The molecule has 0 aliphatic carbocycles. The molecule has 1 fully saturated rings. The highest BCUT2D eigenvalue weighted by Gasteiger charge is 2.40. The Morgan fingerprint density at radius 2 is 2.00 bits per heavy atom. The summed E-state index contributed by atoms with van der Waals surface area (Å²) in [5, 5.41) is 2.83. The smallest absolute Gasteiger partial charge is 0.234 e. The van der Waals surface area contributed by atoms with Crippen LogP contribution in [-0.2, 0) is 14.6 Å². The normalized spacial score (nSPS) is 30.3. The van der Waals surface area contributed by atoms with Gasteiger partial charge in [0.05, 0.1) is 21.9 Å². The molecule has 1 aliphatic heterocycles. The summed E-state index contributed by atoms with van der Waals surface area (Å²) in [5.74, 6) is 0.262. The maximum absolute atomic E-state index is 11.8. The molecular formula is C10H18BrNO3S. The number of sulfone groups is 1. The summed E-state index contributed by atoms with van der Waals surface area (Å²) in [5.41, 5.74) is -0.600. The minimum absolute atomic E-state index is 0.0452. The molecule has 4 nitrogen and oxygen atoms in total. The van der Waals surface area contributed by atoms with Crippen molar-refractivity contribution in [3.05, 3.63) is 0 Å². The first-order valence-corrected chi connectivity index (χ1v) is 8.05. The summed E-state index contributed by atoms with van der Waals surface area (Å²) in [7, 11) is -2.98. The number of hydrogen-bond donors (Lipinski definition) is 1. The molecule has 1 saturated heterocycles. The number of alkyl halides is 1. The molecule has 1 aliphatic rings. The summed E-state index contributed by atoms with van der Waals surface area (Å²) in [6.45, 7) is 5.66. The maximum atomic E-state index is 11.8. The molecule has 0 aromatic carbocycles. The summed E-state index contributed by atoms with van der Waals surface area (Å²) in [6.07, 6.45) is 0.499. The van der Waals surface area contributed by atoms with Gasteiger partial charge in [-0.15, -0.1) is 0 Å². The van der Waals surface area contributed by atoms with E-state index < -0.39 is 15.4 Å². The number of rotatable bonds is 3. The van der Waals surface area contributed by atoms with Gasteiger partial charge in [0, 0.05) is 0 Å². The SMILES string of the molecule is CC(C)[C@H](Br)C(=O)N[C@@]1(C)CCS(=O)(=O)C1. The van der Waals surface area contributed by atoms with E-state index in [1.807, 2.05) is 13.8 Å². The molecular weight excluding hydrogens is 294 g/mol. The monoisotopic (exact) mass is 311 g/mol. The number of amides is 1. The lowest BCUT2D eigenvalue weighted by atomic mass is 10.0. The third-order valence-corrected chi connectivity index (χ3v) is 6.14. The molecule has 0 aromatic heterocycles. The third-order valence-electron chi connectivity index (χ3n) is 2.76. The molecule has 1 rings (SSSR count). The van der Waals surface area contributed by atoms with E-state index in [2.05, 4.69) is 21.2 Å². The second-order valence-corrected chi connectivity index (χ2v) is 8.21. The molecule has 2 atom stereocenters. The Morgan fingerprint density at radius 1 is 1.44 bits per heavy atom. The van der Waals surface area contributed by atoms with E-state index >= 15 is 0 Å². The highest BCUT2D eigenvalue weighted by atomic mass is 79.9. The van der Waals surface area contributed by atoms with Crippen LogP contribution >= 0.6 is 15.9 Å². The first kappa shape index (κ1) is 14.0. The van der Waals surface area contributed by atoms with Gasteiger partial charge in [0.2, 0.25) is 5.91 Å². The second kappa shape index (κ2) is 4.64. The van der Waals surface area contributed by atoms with Crippen LogP contribution in [0.3, 0.4) is 0 Å². The Bertz CT molecular complexity index is 380. The Morgan fingerprint density at radius 3 is 2.38 bits per heavy atom. The summed E-state index contributed by atoms with van der Waals surface area (Å²) < 4.78 is 22.7. The molecule has 0 radical (unpaired) electrons. The van der Waals surface area contributed by atoms with Gasteiger partial charge in [-0.2, -0.15) is 0 Å². The van der Waals surface area contributed by atoms with Gasteiger partial charge in [0.25, 0.3) is 0 Å². The zero-order chi connectivity index (χ0) is 12.6.